The zero-order valence-electron chi connectivity index (χ0n) is 17.2. The summed E-state index contributed by atoms with van der Waals surface area (Å²) in [6, 6.07) is 15.1. The van der Waals surface area contributed by atoms with Gasteiger partial charge in [-0.15, -0.1) is 0 Å². The number of carbonyl (C=O) groups is 2. The predicted octanol–water partition coefficient (Wildman–Crippen LogP) is 3.18. The predicted molar refractivity (Wildman–Crippen MR) is 110 cm³/mol. The molecule has 1 fully saturated rings. The number of ether oxygens (including phenoxy) is 1. The van der Waals surface area contributed by atoms with E-state index < -0.39 is 30.0 Å². The Morgan fingerprint density at radius 1 is 1.06 bits per heavy atom. The first-order valence-electron chi connectivity index (χ1n) is 10.1. The van der Waals surface area contributed by atoms with Gasteiger partial charge in [0.2, 0.25) is 5.91 Å². The van der Waals surface area contributed by atoms with Gasteiger partial charge in [-0.1, -0.05) is 30.3 Å². The highest BCUT2D eigenvalue weighted by Gasteiger charge is 2.52. The summed E-state index contributed by atoms with van der Waals surface area (Å²) < 4.78 is 46.3. The molecule has 3 N–H and O–H groups in total. The molecule has 3 rings (SSSR count). The third kappa shape index (κ3) is 5.57. The van der Waals surface area contributed by atoms with Gasteiger partial charge in [-0.25, -0.2) is 5.48 Å². The molecule has 1 aliphatic heterocycles. The molecule has 0 unspecified atom stereocenters. The number of benzene rings is 2. The van der Waals surface area contributed by atoms with Crippen molar-refractivity contribution in [2.45, 2.75) is 37.6 Å². The summed E-state index contributed by atoms with van der Waals surface area (Å²) in [6.45, 7) is 0.912. The van der Waals surface area contributed by atoms with Gasteiger partial charge in [0.1, 0.15) is 12.4 Å². The number of hydrogen-bond donors (Lipinski definition) is 3. The van der Waals surface area contributed by atoms with Gasteiger partial charge in [0.05, 0.1) is 12.0 Å². The lowest BCUT2D eigenvalue weighted by Crippen LogP contribution is -2.61. The summed E-state index contributed by atoms with van der Waals surface area (Å²) in [5, 5.41) is 12.0. The summed E-state index contributed by atoms with van der Waals surface area (Å²) in [7, 11) is 0. The van der Waals surface area contributed by atoms with Gasteiger partial charge in [0.15, 0.2) is 0 Å². The number of amides is 2. The van der Waals surface area contributed by atoms with Gasteiger partial charge < -0.3 is 10.1 Å². The minimum Gasteiger partial charge on any atom is -0.489 e. The van der Waals surface area contributed by atoms with Crippen LogP contribution in [0, 0.1) is 0 Å². The first-order valence-corrected chi connectivity index (χ1v) is 10.1. The Kier molecular flexibility index (Phi) is 7.37. The molecule has 7 nitrogen and oxygen atoms in total. The van der Waals surface area contributed by atoms with E-state index in [2.05, 4.69) is 5.32 Å². The molecule has 0 spiro atoms. The van der Waals surface area contributed by atoms with Crippen LogP contribution in [-0.4, -0.2) is 41.8 Å². The van der Waals surface area contributed by atoms with Gasteiger partial charge in [-0.05, 0) is 55.8 Å². The van der Waals surface area contributed by atoms with Crippen molar-refractivity contribution in [3.63, 3.8) is 0 Å². The maximum atomic E-state index is 13.5. The minimum absolute atomic E-state index is 0.00738. The summed E-state index contributed by atoms with van der Waals surface area (Å²) >= 11 is 0. The molecule has 2 aromatic rings. The van der Waals surface area contributed by atoms with Crippen molar-refractivity contribution in [1.29, 1.82) is 0 Å². The van der Waals surface area contributed by atoms with E-state index in [1.165, 1.54) is 29.7 Å². The van der Waals surface area contributed by atoms with Crippen molar-refractivity contribution < 1.29 is 32.7 Å². The van der Waals surface area contributed by atoms with E-state index in [4.69, 9.17) is 9.94 Å². The SMILES string of the molecule is O=C(CC1(N(C(=O)C(F)(F)F)c2ccc(OCc3ccccc3)cc2)CCNCC1)NO. The van der Waals surface area contributed by atoms with E-state index in [0.29, 0.717) is 23.7 Å². The molecular weight excluding hydrogens is 427 g/mol. The fraction of sp³-hybridized carbons (Fsp3) is 0.364. The number of anilines is 1. The fourth-order valence-corrected chi connectivity index (χ4v) is 3.88. The van der Waals surface area contributed by atoms with Crippen LogP contribution in [-0.2, 0) is 16.2 Å². The Labute approximate surface area is 183 Å². The smallest absolute Gasteiger partial charge is 0.471 e. The molecule has 2 aromatic carbocycles. The molecule has 32 heavy (non-hydrogen) atoms. The molecule has 1 saturated heterocycles. The number of nitrogens with one attached hydrogen (secondary N) is 2. The molecule has 1 heterocycles. The molecule has 0 atom stereocenters. The summed E-state index contributed by atoms with van der Waals surface area (Å²) in [5.74, 6) is -2.51. The number of hydroxylamine groups is 1. The van der Waals surface area contributed by atoms with Gasteiger partial charge in [0.25, 0.3) is 0 Å². The topological polar surface area (TPSA) is 90.9 Å². The van der Waals surface area contributed by atoms with Crippen LogP contribution < -0.4 is 20.4 Å². The van der Waals surface area contributed by atoms with E-state index in [1.54, 1.807) is 0 Å². The molecule has 1 aliphatic rings. The van der Waals surface area contributed by atoms with Crippen molar-refractivity contribution in [2.24, 2.45) is 0 Å². The van der Waals surface area contributed by atoms with E-state index in [-0.39, 0.29) is 25.1 Å². The van der Waals surface area contributed by atoms with E-state index >= 15 is 0 Å². The lowest BCUT2D eigenvalue weighted by Gasteiger charge is -2.46. The van der Waals surface area contributed by atoms with Crippen LogP contribution in [0.25, 0.3) is 0 Å². The van der Waals surface area contributed by atoms with E-state index in [9.17, 15) is 22.8 Å². The molecule has 10 heteroatoms. The first kappa shape index (κ1) is 23.6. The lowest BCUT2D eigenvalue weighted by molar-refractivity contribution is -0.172. The maximum absolute atomic E-state index is 13.5. The first-order chi connectivity index (χ1) is 15.2. The summed E-state index contributed by atoms with van der Waals surface area (Å²) in [5.41, 5.74) is 0.934. The molecular formula is C22H24F3N3O4. The highest BCUT2D eigenvalue weighted by Crippen LogP contribution is 2.38. The zero-order chi connectivity index (χ0) is 23.2. The number of rotatable bonds is 7. The van der Waals surface area contributed by atoms with Crippen LogP contribution >= 0.6 is 0 Å². The Balaban J connectivity index is 1.91. The highest BCUT2D eigenvalue weighted by atomic mass is 19.4. The van der Waals surface area contributed by atoms with Crippen LogP contribution in [0.4, 0.5) is 18.9 Å². The quantitative estimate of drug-likeness (QED) is 0.444. The van der Waals surface area contributed by atoms with Gasteiger partial charge in [0, 0.05) is 5.69 Å². The normalized spacial score (nSPS) is 15.6. The molecule has 172 valence electrons. The van der Waals surface area contributed by atoms with Crippen LogP contribution in [0.3, 0.4) is 0 Å². The van der Waals surface area contributed by atoms with Crippen molar-refractivity contribution >= 4 is 17.5 Å². The van der Waals surface area contributed by atoms with Gasteiger partial charge >= 0.3 is 12.1 Å². The standard InChI is InChI=1S/C22H24F3N3O4/c23-22(24,25)20(30)28(21(14-19(29)27-31)10-12-26-13-11-21)17-6-8-18(9-7-17)32-15-16-4-2-1-3-5-16/h1-9,26,31H,10-15H2,(H,27,29). The largest absolute Gasteiger partial charge is 0.489 e. The second-order valence-electron chi connectivity index (χ2n) is 7.59. The number of alkyl halides is 3. The van der Waals surface area contributed by atoms with Gasteiger partial charge in [-0.2, -0.15) is 13.2 Å². The van der Waals surface area contributed by atoms with Crippen LogP contribution in [0.1, 0.15) is 24.8 Å². The van der Waals surface area contributed by atoms with Crippen molar-refractivity contribution in [3.8, 4) is 5.75 Å². The van der Waals surface area contributed by atoms with E-state index in [1.807, 2.05) is 30.3 Å². The second-order valence-corrected chi connectivity index (χ2v) is 7.59. The number of nitrogens with zero attached hydrogens (tertiary/aromatic N) is 1. The number of hydrogen-bond acceptors (Lipinski definition) is 5. The van der Waals surface area contributed by atoms with E-state index in [0.717, 1.165) is 5.56 Å². The third-order valence-electron chi connectivity index (χ3n) is 5.41. The maximum Gasteiger partial charge on any atom is 0.471 e. The molecule has 0 bridgehead atoms. The molecule has 0 saturated carbocycles. The number of piperidine rings is 1. The Bertz CT molecular complexity index is 914. The zero-order valence-corrected chi connectivity index (χ0v) is 17.2. The highest BCUT2D eigenvalue weighted by molar-refractivity contribution is 5.99. The average Bonchev–Trinajstić information content (AvgIpc) is 2.79. The molecule has 0 radical (unpaired) electrons. The van der Waals surface area contributed by atoms with Gasteiger partial charge in [-0.3, -0.25) is 19.7 Å². The number of halogens is 3. The summed E-state index contributed by atoms with van der Waals surface area (Å²) in [6.07, 6.45) is -5.40. The minimum atomic E-state index is -5.14. The third-order valence-corrected chi connectivity index (χ3v) is 5.41. The van der Waals surface area contributed by atoms with Crippen LogP contribution in [0.15, 0.2) is 54.6 Å². The summed E-state index contributed by atoms with van der Waals surface area (Å²) in [4.78, 5) is 25.1. The second kappa shape index (κ2) is 10.0. The Morgan fingerprint density at radius 3 is 2.25 bits per heavy atom. The Hall–Kier alpha value is -3.11. The number of carbonyl (C=O) groups excluding carboxylic acids is 2. The average molecular weight is 451 g/mol. The lowest BCUT2D eigenvalue weighted by atomic mass is 9.82. The molecule has 2 amide bonds. The monoisotopic (exact) mass is 451 g/mol. The Morgan fingerprint density at radius 2 is 1.69 bits per heavy atom. The van der Waals surface area contributed by atoms with Crippen LogP contribution in [0.5, 0.6) is 5.75 Å². The fourth-order valence-electron chi connectivity index (χ4n) is 3.88. The van der Waals surface area contributed by atoms with Crippen molar-refractivity contribution in [3.05, 3.63) is 60.2 Å². The van der Waals surface area contributed by atoms with Crippen molar-refractivity contribution in [2.75, 3.05) is 18.0 Å². The molecule has 0 aromatic heterocycles. The van der Waals surface area contributed by atoms with Crippen molar-refractivity contribution in [1.82, 2.24) is 10.8 Å². The molecule has 0 aliphatic carbocycles. The van der Waals surface area contributed by atoms with Crippen LogP contribution in [0.2, 0.25) is 0 Å².